The molecule has 4 heteroatoms. The number of hydrogen-bond acceptors (Lipinski definition) is 3. The van der Waals surface area contributed by atoms with Crippen LogP contribution in [0.2, 0.25) is 0 Å². The van der Waals surface area contributed by atoms with Gasteiger partial charge in [0.1, 0.15) is 0 Å². The lowest BCUT2D eigenvalue weighted by atomic mass is 9.99. The second kappa shape index (κ2) is 5.36. The van der Waals surface area contributed by atoms with Crippen LogP contribution in [0.1, 0.15) is 34.1 Å². The first-order chi connectivity index (χ1) is 7.70. The third-order valence-corrected chi connectivity index (χ3v) is 3.37. The van der Waals surface area contributed by atoms with Crippen molar-refractivity contribution in [3.63, 3.8) is 0 Å². The van der Waals surface area contributed by atoms with Gasteiger partial charge in [0.15, 0.2) is 0 Å². The smallest absolute Gasteiger partial charge is 0.304 e. The van der Waals surface area contributed by atoms with Crippen molar-refractivity contribution < 1.29 is 9.90 Å². The van der Waals surface area contributed by atoms with Crippen LogP contribution in [0, 0.1) is 5.92 Å². The van der Waals surface area contributed by atoms with Crippen LogP contribution in [0.3, 0.4) is 0 Å². The second-order valence-corrected chi connectivity index (χ2v) is 6.40. The molecule has 2 unspecified atom stereocenters. The fraction of sp³-hybridized carbons (Fsp3) is 0.923. The summed E-state index contributed by atoms with van der Waals surface area (Å²) in [6.45, 7) is 11.6. The van der Waals surface area contributed by atoms with Crippen LogP contribution in [-0.4, -0.2) is 59.1 Å². The fourth-order valence-corrected chi connectivity index (χ4v) is 2.81. The predicted octanol–water partition coefficient (Wildman–Crippen LogP) is 1.51. The molecule has 1 saturated heterocycles. The van der Waals surface area contributed by atoms with E-state index in [1.807, 2.05) is 0 Å². The van der Waals surface area contributed by atoms with Crippen LogP contribution in [0.15, 0.2) is 0 Å². The first kappa shape index (κ1) is 14.5. The summed E-state index contributed by atoms with van der Waals surface area (Å²) in [4.78, 5) is 15.6. The highest BCUT2D eigenvalue weighted by Crippen LogP contribution is 2.24. The molecule has 100 valence electrons. The molecule has 1 aliphatic heterocycles. The average Bonchev–Trinajstić information content (AvgIpc) is 2.22. The van der Waals surface area contributed by atoms with Gasteiger partial charge >= 0.3 is 5.97 Å². The van der Waals surface area contributed by atoms with E-state index < -0.39 is 5.97 Å². The number of aliphatic carboxylic acids is 1. The molecule has 0 aromatic heterocycles. The summed E-state index contributed by atoms with van der Waals surface area (Å²) in [5.74, 6) is -0.120. The summed E-state index contributed by atoms with van der Waals surface area (Å²) >= 11 is 0. The van der Waals surface area contributed by atoms with Gasteiger partial charge in [-0.05, 0) is 33.7 Å². The summed E-state index contributed by atoms with van der Waals surface area (Å²) in [7, 11) is 2.08. The zero-order chi connectivity index (χ0) is 13.2. The summed E-state index contributed by atoms with van der Waals surface area (Å²) < 4.78 is 0. The van der Waals surface area contributed by atoms with Crippen LogP contribution in [0.5, 0.6) is 0 Å². The highest BCUT2D eigenvalue weighted by molar-refractivity contribution is 5.67. The lowest BCUT2D eigenvalue weighted by molar-refractivity contribution is -0.139. The van der Waals surface area contributed by atoms with Crippen molar-refractivity contribution in [3.05, 3.63) is 0 Å². The standard InChI is InChI=1S/C13H26N2O2/c1-10-7-14(5)9-11(6-12(16)17)15(8-10)13(2,3)4/h10-11H,6-9H2,1-5H3,(H,16,17). The largest absolute Gasteiger partial charge is 0.481 e. The molecule has 17 heavy (non-hydrogen) atoms. The number of carboxylic acid groups (broad SMARTS) is 1. The molecule has 1 aliphatic rings. The van der Waals surface area contributed by atoms with Gasteiger partial charge in [0, 0.05) is 31.2 Å². The number of likely N-dealkylation sites (N-methyl/N-ethyl adjacent to an activating group) is 1. The molecule has 2 atom stereocenters. The molecular formula is C13H26N2O2. The Morgan fingerprint density at radius 2 is 1.88 bits per heavy atom. The lowest BCUT2D eigenvalue weighted by Crippen LogP contribution is -2.51. The fourth-order valence-electron chi connectivity index (χ4n) is 2.81. The van der Waals surface area contributed by atoms with E-state index in [1.165, 1.54) is 0 Å². The average molecular weight is 242 g/mol. The first-order valence-electron chi connectivity index (χ1n) is 6.37. The third-order valence-electron chi connectivity index (χ3n) is 3.37. The Morgan fingerprint density at radius 1 is 1.29 bits per heavy atom. The Labute approximate surface area is 105 Å². The van der Waals surface area contributed by atoms with Crippen LogP contribution in [0.4, 0.5) is 0 Å². The molecule has 0 saturated carbocycles. The normalized spacial score (nSPS) is 29.0. The minimum Gasteiger partial charge on any atom is -0.481 e. The van der Waals surface area contributed by atoms with E-state index in [0.717, 1.165) is 19.6 Å². The maximum absolute atomic E-state index is 11.0. The highest BCUT2D eigenvalue weighted by Gasteiger charge is 2.34. The summed E-state index contributed by atoms with van der Waals surface area (Å²) in [5, 5.41) is 9.05. The number of carbonyl (C=O) groups is 1. The molecule has 0 bridgehead atoms. The summed E-state index contributed by atoms with van der Waals surface area (Å²) in [6.07, 6.45) is 0.230. The molecule has 0 aromatic carbocycles. The van der Waals surface area contributed by atoms with Gasteiger partial charge in [-0.1, -0.05) is 6.92 Å². The molecular weight excluding hydrogens is 216 g/mol. The first-order valence-corrected chi connectivity index (χ1v) is 6.37. The number of rotatable bonds is 2. The quantitative estimate of drug-likeness (QED) is 0.797. The Bertz CT molecular complexity index is 273. The molecule has 1 heterocycles. The van der Waals surface area contributed by atoms with Crippen molar-refractivity contribution in [2.24, 2.45) is 5.92 Å². The summed E-state index contributed by atoms with van der Waals surface area (Å²) in [6, 6.07) is 0.113. The second-order valence-electron chi connectivity index (χ2n) is 6.40. The molecule has 0 amide bonds. The zero-order valence-electron chi connectivity index (χ0n) is 11.7. The van der Waals surface area contributed by atoms with Gasteiger partial charge in [0.25, 0.3) is 0 Å². The zero-order valence-corrected chi connectivity index (χ0v) is 11.7. The molecule has 1 N–H and O–H groups in total. The van der Waals surface area contributed by atoms with E-state index in [0.29, 0.717) is 5.92 Å². The van der Waals surface area contributed by atoms with Crippen molar-refractivity contribution >= 4 is 5.97 Å². The van der Waals surface area contributed by atoms with E-state index >= 15 is 0 Å². The Balaban J connectivity index is 2.88. The van der Waals surface area contributed by atoms with Gasteiger partial charge in [-0.2, -0.15) is 0 Å². The predicted molar refractivity (Wildman–Crippen MR) is 69.2 cm³/mol. The van der Waals surface area contributed by atoms with E-state index in [1.54, 1.807) is 0 Å². The molecule has 1 fully saturated rings. The van der Waals surface area contributed by atoms with Crippen molar-refractivity contribution in [1.82, 2.24) is 9.80 Å². The van der Waals surface area contributed by atoms with E-state index in [2.05, 4.69) is 44.5 Å². The SMILES string of the molecule is CC1CN(C)CC(CC(=O)O)N(C(C)(C)C)C1. The molecule has 0 aromatic rings. The van der Waals surface area contributed by atoms with Gasteiger partial charge in [-0.3, -0.25) is 9.69 Å². The van der Waals surface area contributed by atoms with Crippen molar-refractivity contribution in [1.29, 1.82) is 0 Å². The van der Waals surface area contributed by atoms with Crippen LogP contribution in [-0.2, 0) is 4.79 Å². The molecule has 0 aliphatic carbocycles. The maximum Gasteiger partial charge on any atom is 0.304 e. The minimum absolute atomic E-state index is 0.0273. The van der Waals surface area contributed by atoms with Gasteiger partial charge in [0.05, 0.1) is 6.42 Å². The van der Waals surface area contributed by atoms with Crippen LogP contribution in [0.25, 0.3) is 0 Å². The van der Waals surface area contributed by atoms with E-state index in [9.17, 15) is 4.79 Å². The van der Waals surface area contributed by atoms with Gasteiger partial charge in [-0.15, -0.1) is 0 Å². The molecule has 0 radical (unpaired) electrons. The van der Waals surface area contributed by atoms with Gasteiger partial charge in [0.2, 0.25) is 0 Å². The molecule has 0 spiro atoms. The topological polar surface area (TPSA) is 43.8 Å². The minimum atomic E-state index is -0.702. The Morgan fingerprint density at radius 3 is 2.35 bits per heavy atom. The van der Waals surface area contributed by atoms with Crippen LogP contribution < -0.4 is 0 Å². The van der Waals surface area contributed by atoms with Crippen molar-refractivity contribution in [2.45, 2.75) is 45.7 Å². The summed E-state index contributed by atoms with van der Waals surface area (Å²) in [5.41, 5.74) is 0.0273. The Hall–Kier alpha value is -0.610. The number of hydrogen-bond donors (Lipinski definition) is 1. The Kier molecular flexibility index (Phi) is 4.55. The molecule has 1 rings (SSSR count). The monoisotopic (exact) mass is 242 g/mol. The number of nitrogens with zero attached hydrogens (tertiary/aromatic N) is 2. The highest BCUT2D eigenvalue weighted by atomic mass is 16.4. The van der Waals surface area contributed by atoms with Gasteiger partial charge < -0.3 is 10.0 Å². The molecule has 4 nitrogen and oxygen atoms in total. The van der Waals surface area contributed by atoms with Crippen LogP contribution >= 0.6 is 0 Å². The van der Waals surface area contributed by atoms with Crippen molar-refractivity contribution in [3.8, 4) is 0 Å². The lowest BCUT2D eigenvalue weighted by Gasteiger charge is -2.41. The van der Waals surface area contributed by atoms with E-state index in [4.69, 9.17) is 5.11 Å². The maximum atomic E-state index is 11.0. The third kappa shape index (κ3) is 4.28. The van der Waals surface area contributed by atoms with Gasteiger partial charge in [-0.25, -0.2) is 0 Å². The number of carboxylic acids is 1. The van der Waals surface area contributed by atoms with E-state index in [-0.39, 0.29) is 18.0 Å². The van der Waals surface area contributed by atoms with Crippen molar-refractivity contribution in [2.75, 3.05) is 26.7 Å².